The third-order valence-corrected chi connectivity index (χ3v) is 4.48. The van der Waals surface area contributed by atoms with E-state index in [1.807, 2.05) is 43.3 Å². The number of nitrogens with zero attached hydrogens (tertiary/aromatic N) is 1. The maximum Gasteiger partial charge on any atom is 0.241 e. The maximum absolute atomic E-state index is 12.3. The fourth-order valence-corrected chi connectivity index (χ4v) is 2.77. The number of carbonyl (C=O) groups is 1. The Balaban J connectivity index is 1.94. The minimum Gasteiger partial charge on any atom is -0.350 e. The van der Waals surface area contributed by atoms with Crippen LogP contribution >= 0.6 is 0 Å². The van der Waals surface area contributed by atoms with Crippen LogP contribution in [0.3, 0.4) is 0 Å². The smallest absolute Gasteiger partial charge is 0.241 e. The second-order valence-corrected chi connectivity index (χ2v) is 6.39. The van der Waals surface area contributed by atoms with Crippen LogP contribution < -0.4 is 11.1 Å². The van der Waals surface area contributed by atoms with E-state index in [4.69, 9.17) is 5.73 Å². The van der Waals surface area contributed by atoms with Gasteiger partial charge in [0.2, 0.25) is 5.91 Å². The normalized spacial score (nSPS) is 12.2. The number of rotatable bonds is 8. The SMILES string of the molecule is CCN(CC)Cc1cccc(CNC(=O)C(N)c2ccc(C)cc2)c1. The Bertz CT molecular complexity index is 678. The molecule has 0 radical (unpaired) electrons. The van der Waals surface area contributed by atoms with Crippen molar-refractivity contribution in [3.8, 4) is 0 Å². The quantitative estimate of drug-likeness (QED) is 0.777. The molecule has 1 atom stereocenters. The van der Waals surface area contributed by atoms with Gasteiger partial charge in [-0.15, -0.1) is 0 Å². The Morgan fingerprint density at radius 1 is 1.08 bits per heavy atom. The largest absolute Gasteiger partial charge is 0.350 e. The summed E-state index contributed by atoms with van der Waals surface area (Å²) in [6.07, 6.45) is 0. The van der Waals surface area contributed by atoms with Crippen molar-refractivity contribution in [1.82, 2.24) is 10.2 Å². The van der Waals surface area contributed by atoms with Crippen molar-refractivity contribution in [3.63, 3.8) is 0 Å². The van der Waals surface area contributed by atoms with Crippen molar-refractivity contribution < 1.29 is 4.79 Å². The van der Waals surface area contributed by atoms with Crippen LogP contribution in [0.5, 0.6) is 0 Å². The van der Waals surface area contributed by atoms with E-state index in [0.29, 0.717) is 6.54 Å². The molecule has 0 aromatic heterocycles. The molecule has 134 valence electrons. The zero-order valence-corrected chi connectivity index (χ0v) is 15.5. The highest BCUT2D eigenvalue weighted by Crippen LogP contribution is 2.12. The minimum atomic E-state index is -0.639. The highest BCUT2D eigenvalue weighted by molar-refractivity contribution is 5.82. The average Bonchev–Trinajstić information content (AvgIpc) is 2.64. The Labute approximate surface area is 151 Å². The molecule has 0 heterocycles. The molecule has 0 fully saturated rings. The van der Waals surface area contributed by atoms with Crippen LogP contribution in [0.1, 0.15) is 42.1 Å². The van der Waals surface area contributed by atoms with Crippen LogP contribution in [-0.2, 0) is 17.9 Å². The van der Waals surface area contributed by atoms with E-state index in [1.165, 1.54) is 5.56 Å². The summed E-state index contributed by atoms with van der Waals surface area (Å²) in [4.78, 5) is 14.7. The van der Waals surface area contributed by atoms with Crippen molar-refractivity contribution in [1.29, 1.82) is 0 Å². The average molecular weight is 339 g/mol. The van der Waals surface area contributed by atoms with Crippen molar-refractivity contribution in [2.75, 3.05) is 13.1 Å². The summed E-state index contributed by atoms with van der Waals surface area (Å²) in [5.41, 5.74) is 10.4. The summed E-state index contributed by atoms with van der Waals surface area (Å²) in [5, 5.41) is 2.94. The fourth-order valence-electron chi connectivity index (χ4n) is 2.77. The first-order chi connectivity index (χ1) is 12.0. The molecule has 0 spiro atoms. The molecule has 2 aromatic rings. The lowest BCUT2D eigenvalue weighted by atomic mass is 10.1. The lowest BCUT2D eigenvalue weighted by Gasteiger charge is -2.18. The molecule has 0 aliphatic heterocycles. The molecule has 0 aliphatic carbocycles. The van der Waals surface area contributed by atoms with Crippen LogP contribution in [0.4, 0.5) is 0 Å². The van der Waals surface area contributed by atoms with Crippen LogP contribution in [0.25, 0.3) is 0 Å². The number of hydrogen-bond donors (Lipinski definition) is 2. The van der Waals surface area contributed by atoms with Gasteiger partial charge in [0, 0.05) is 13.1 Å². The van der Waals surface area contributed by atoms with E-state index in [9.17, 15) is 4.79 Å². The Kier molecular flexibility index (Phi) is 7.16. The summed E-state index contributed by atoms with van der Waals surface area (Å²) >= 11 is 0. The minimum absolute atomic E-state index is 0.155. The standard InChI is InChI=1S/C21H29N3O/c1-4-24(5-2)15-18-8-6-7-17(13-18)14-23-21(25)20(22)19-11-9-16(3)10-12-19/h6-13,20H,4-5,14-15,22H2,1-3H3,(H,23,25). The highest BCUT2D eigenvalue weighted by Gasteiger charge is 2.15. The van der Waals surface area contributed by atoms with E-state index in [2.05, 4.69) is 36.2 Å². The van der Waals surface area contributed by atoms with E-state index < -0.39 is 6.04 Å². The number of amides is 1. The molecule has 1 amide bonds. The number of nitrogens with two attached hydrogens (primary N) is 1. The molecule has 4 heteroatoms. The zero-order chi connectivity index (χ0) is 18.2. The first kappa shape index (κ1) is 19.2. The lowest BCUT2D eigenvalue weighted by Crippen LogP contribution is -2.33. The highest BCUT2D eigenvalue weighted by atomic mass is 16.2. The van der Waals surface area contributed by atoms with Crippen molar-refractivity contribution in [2.24, 2.45) is 5.73 Å². The molecule has 25 heavy (non-hydrogen) atoms. The lowest BCUT2D eigenvalue weighted by molar-refractivity contribution is -0.122. The van der Waals surface area contributed by atoms with Gasteiger partial charge in [0.15, 0.2) is 0 Å². The van der Waals surface area contributed by atoms with Gasteiger partial charge >= 0.3 is 0 Å². The van der Waals surface area contributed by atoms with Crippen LogP contribution in [0.2, 0.25) is 0 Å². The third-order valence-electron chi connectivity index (χ3n) is 4.48. The van der Waals surface area contributed by atoms with Crippen LogP contribution in [0, 0.1) is 6.92 Å². The molecular weight excluding hydrogens is 310 g/mol. The van der Waals surface area contributed by atoms with Gasteiger partial charge in [-0.05, 0) is 36.7 Å². The van der Waals surface area contributed by atoms with Gasteiger partial charge in [0.25, 0.3) is 0 Å². The van der Waals surface area contributed by atoms with Gasteiger partial charge in [-0.25, -0.2) is 0 Å². The van der Waals surface area contributed by atoms with Crippen LogP contribution in [0.15, 0.2) is 48.5 Å². The molecule has 0 bridgehead atoms. The van der Waals surface area contributed by atoms with E-state index >= 15 is 0 Å². The number of aryl methyl sites for hydroxylation is 1. The van der Waals surface area contributed by atoms with Crippen molar-refractivity contribution >= 4 is 5.91 Å². The monoisotopic (exact) mass is 339 g/mol. The summed E-state index contributed by atoms with van der Waals surface area (Å²) in [6, 6.07) is 15.5. The first-order valence-electron chi connectivity index (χ1n) is 8.93. The number of nitrogens with one attached hydrogen (secondary N) is 1. The third kappa shape index (κ3) is 5.69. The van der Waals surface area contributed by atoms with Gasteiger partial charge in [0.05, 0.1) is 0 Å². The summed E-state index contributed by atoms with van der Waals surface area (Å²) in [5.74, 6) is -0.155. The summed E-state index contributed by atoms with van der Waals surface area (Å²) < 4.78 is 0. The van der Waals surface area contributed by atoms with Gasteiger partial charge in [-0.2, -0.15) is 0 Å². The molecule has 4 nitrogen and oxygen atoms in total. The Morgan fingerprint density at radius 2 is 1.72 bits per heavy atom. The molecule has 1 unspecified atom stereocenters. The zero-order valence-electron chi connectivity index (χ0n) is 15.5. The molecule has 3 N–H and O–H groups in total. The number of hydrogen-bond acceptors (Lipinski definition) is 3. The van der Waals surface area contributed by atoms with E-state index in [-0.39, 0.29) is 5.91 Å². The van der Waals surface area contributed by atoms with E-state index in [0.717, 1.165) is 36.3 Å². The van der Waals surface area contributed by atoms with Crippen molar-refractivity contribution in [2.45, 2.75) is 39.9 Å². The Morgan fingerprint density at radius 3 is 2.36 bits per heavy atom. The molecule has 2 rings (SSSR count). The van der Waals surface area contributed by atoms with E-state index in [1.54, 1.807) is 0 Å². The Hall–Kier alpha value is -2.17. The maximum atomic E-state index is 12.3. The molecule has 0 saturated carbocycles. The summed E-state index contributed by atoms with van der Waals surface area (Å²) in [7, 11) is 0. The molecule has 0 aliphatic rings. The predicted octanol–water partition coefficient (Wildman–Crippen LogP) is 3.15. The number of benzene rings is 2. The molecule has 2 aromatic carbocycles. The molecule has 0 saturated heterocycles. The number of carbonyl (C=O) groups excluding carboxylic acids is 1. The fraction of sp³-hybridized carbons (Fsp3) is 0.381. The predicted molar refractivity (Wildman–Crippen MR) is 103 cm³/mol. The van der Waals surface area contributed by atoms with Gasteiger partial charge in [-0.1, -0.05) is 67.9 Å². The second kappa shape index (κ2) is 9.35. The van der Waals surface area contributed by atoms with Gasteiger partial charge in [-0.3, -0.25) is 9.69 Å². The second-order valence-electron chi connectivity index (χ2n) is 6.39. The topological polar surface area (TPSA) is 58.4 Å². The van der Waals surface area contributed by atoms with Crippen molar-refractivity contribution in [3.05, 3.63) is 70.8 Å². The summed E-state index contributed by atoms with van der Waals surface area (Å²) in [6.45, 7) is 9.83. The van der Waals surface area contributed by atoms with Gasteiger partial charge in [0.1, 0.15) is 6.04 Å². The molecular formula is C21H29N3O. The first-order valence-corrected chi connectivity index (χ1v) is 8.93. The van der Waals surface area contributed by atoms with Gasteiger partial charge < -0.3 is 11.1 Å². The van der Waals surface area contributed by atoms with Crippen LogP contribution in [-0.4, -0.2) is 23.9 Å².